The normalized spacial score (nSPS) is 27.2. The van der Waals surface area contributed by atoms with Gasteiger partial charge < -0.3 is 15.1 Å². The van der Waals surface area contributed by atoms with Crippen LogP contribution < -0.4 is 5.32 Å². The first-order valence-electron chi connectivity index (χ1n) is 12.0. The molecule has 2 fully saturated rings. The van der Waals surface area contributed by atoms with Gasteiger partial charge >= 0.3 is 0 Å². The first-order valence-corrected chi connectivity index (χ1v) is 12.4. The maximum atomic E-state index is 5.84. The molecule has 2 heterocycles. The lowest BCUT2D eigenvalue weighted by atomic mass is 9.87. The predicted octanol–water partition coefficient (Wildman–Crippen LogP) is 4.83. The molecular weight excluding hydrogens is 364 g/mol. The number of nitrogens with one attached hydrogen (secondary N) is 1. The highest BCUT2D eigenvalue weighted by molar-refractivity contribution is 7.80. The van der Waals surface area contributed by atoms with E-state index in [2.05, 4.69) is 35.9 Å². The van der Waals surface area contributed by atoms with Crippen molar-refractivity contribution in [1.82, 2.24) is 15.1 Å². The van der Waals surface area contributed by atoms with Gasteiger partial charge in [-0.1, -0.05) is 46.0 Å². The van der Waals surface area contributed by atoms with Gasteiger partial charge in [-0.15, -0.1) is 0 Å². The second-order valence-corrected chi connectivity index (χ2v) is 9.78. The molecule has 2 aliphatic heterocycles. The summed E-state index contributed by atoms with van der Waals surface area (Å²) in [4.78, 5) is 9.86. The van der Waals surface area contributed by atoms with Gasteiger partial charge in [0.1, 0.15) is 0 Å². The zero-order valence-electron chi connectivity index (χ0n) is 18.5. The van der Waals surface area contributed by atoms with Crippen LogP contribution in [0.1, 0.15) is 85.0 Å². The van der Waals surface area contributed by atoms with Crippen LogP contribution in [0.25, 0.3) is 0 Å². The van der Waals surface area contributed by atoms with E-state index in [1.165, 1.54) is 76.6 Å². The van der Waals surface area contributed by atoms with Crippen molar-refractivity contribution in [3.63, 3.8) is 0 Å². The van der Waals surface area contributed by atoms with Gasteiger partial charge in [-0.25, -0.2) is 0 Å². The fourth-order valence-electron chi connectivity index (χ4n) is 5.02. The number of hydrogen-bond acceptors (Lipinski definition) is 3. The summed E-state index contributed by atoms with van der Waals surface area (Å²) in [6, 6.07) is 1.07. The average molecular weight is 407 g/mol. The topological polar surface area (TPSA) is 30.9 Å². The molecule has 1 aliphatic carbocycles. The Morgan fingerprint density at radius 2 is 1.93 bits per heavy atom. The van der Waals surface area contributed by atoms with Crippen molar-refractivity contribution >= 4 is 23.2 Å². The zero-order valence-corrected chi connectivity index (χ0v) is 19.3. The van der Waals surface area contributed by atoms with Crippen LogP contribution in [0.15, 0.2) is 4.99 Å². The number of rotatable bonds is 10. The lowest BCUT2D eigenvalue weighted by Crippen LogP contribution is -2.35. The number of nitrogens with zero attached hydrogens (tertiary/aromatic N) is 3. The Kier molecular flexibility index (Phi) is 8.43. The molecule has 0 aromatic carbocycles. The molecule has 0 aromatic rings. The molecule has 3 atom stereocenters. The van der Waals surface area contributed by atoms with Crippen LogP contribution in [0.2, 0.25) is 0 Å². The molecule has 1 unspecified atom stereocenters. The molecular formula is C23H42N4S. The summed E-state index contributed by atoms with van der Waals surface area (Å²) < 4.78 is 0. The maximum Gasteiger partial charge on any atom is 0.171 e. The second kappa shape index (κ2) is 10.8. The second-order valence-electron chi connectivity index (χ2n) is 9.42. The monoisotopic (exact) mass is 406 g/mol. The lowest BCUT2D eigenvalue weighted by Gasteiger charge is -2.28. The quantitative estimate of drug-likeness (QED) is 0.416. The van der Waals surface area contributed by atoms with Gasteiger partial charge in [0.2, 0.25) is 0 Å². The van der Waals surface area contributed by atoms with Crippen LogP contribution in [0, 0.1) is 11.8 Å². The van der Waals surface area contributed by atoms with Crippen LogP contribution in [0.4, 0.5) is 0 Å². The average Bonchev–Trinajstić information content (AvgIpc) is 3.29. The molecule has 28 heavy (non-hydrogen) atoms. The first-order chi connectivity index (χ1) is 13.6. The van der Waals surface area contributed by atoms with Crippen LogP contribution in [0.3, 0.4) is 0 Å². The van der Waals surface area contributed by atoms with Crippen LogP contribution in [-0.2, 0) is 0 Å². The molecule has 1 saturated carbocycles. The van der Waals surface area contributed by atoms with Crippen molar-refractivity contribution in [3.05, 3.63) is 0 Å². The van der Waals surface area contributed by atoms with Gasteiger partial charge in [-0.05, 0) is 57.2 Å². The van der Waals surface area contributed by atoms with Gasteiger partial charge in [0.05, 0.1) is 11.9 Å². The minimum absolute atomic E-state index is 0.487. The highest BCUT2D eigenvalue weighted by atomic mass is 32.1. The van der Waals surface area contributed by atoms with Crippen molar-refractivity contribution in [2.75, 3.05) is 26.2 Å². The summed E-state index contributed by atoms with van der Waals surface area (Å²) in [5.41, 5.74) is 0. The molecule has 5 heteroatoms. The number of hydrogen-bond donors (Lipinski definition) is 1. The van der Waals surface area contributed by atoms with E-state index in [0.29, 0.717) is 18.0 Å². The largest absolute Gasteiger partial charge is 0.371 e. The molecule has 0 amide bonds. The standard InChI is InChI=1S/C23H42N4S/c1-4-18(2)22-24-16-21(25-22)12-8-9-14-26-17-19(3)27(23(26)28)15-13-20-10-6-5-7-11-20/h18-21H,4-17H2,1-3H3,(H,24,25)/t18?,19-,21+/m1/s1. The number of aliphatic imine (C=N–C) groups is 1. The minimum atomic E-state index is 0.487. The van der Waals surface area contributed by atoms with Crippen molar-refractivity contribution in [2.45, 2.75) is 97.1 Å². The third-order valence-electron chi connectivity index (χ3n) is 7.17. The summed E-state index contributed by atoms with van der Waals surface area (Å²) in [6.45, 7) is 11.3. The van der Waals surface area contributed by atoms with Gasteiger partial charge in [0, 0.05) is 38.1 Å². The molecule has 3 aliphatic rings. The molecule has 160 valence electrons. The zero-order chi connectivity index (χ0) is 19.9. The van der Waals surface area contributed by atoms with Crippen molar-refractivity contribution in [1.29, 1.82) is 0 Å². The molecule has 1 saturated heterocycles. The molecule has 0 aromatic heterocycles. The minimum Gasteiger partial charge on any atom is -0.371 e. The Bertz CT molecular complexity index is 529. The summed E-state index contributed by atoms with van der Waals surface area (Å²) >= 11 is 5.84. The first kappa shape index (κ1) is 21.9. The van der Waals surface area contributed by atoms with Crippen molar-refractivity contribution < 1.29 is 0 Å². The third kappa shape index (κ3) is 5.84. The predicted molar refractivity (Wildman–Crippen MR) is 124 cm³/mol. The van der Waals surface area contributed by atoms with Crippen LogP contribution in [-0.4, -0.2) is 59.0 Å². The van der Waals surface area contributed by atoms with E-state index in [-0.39, 0.29) is 0 Å². The van der Waals surface area contributed by atoms with Crippen LogP contribution in [0.5, 0.6) is 0 Å². The van der Waals surface area contributed by atoms with Gasteiger partial charge in [-0.2, -0.15) is 0 Å². The lowest BCUT2D eigenvalue weighted by molar-refractivity contribution is 0.284. The van der Waals surface area contributed by atoms with E-state index in [0.717, 1.165) is 30.7 Å². The van der Waals surface area contributed by atoms with E-state index in [4.69, 9.17) is 17.2 Å². The molecule has 1 N–H and O–H groups in total. The Hall–Kier alpha value is -0.840. The number of unbranched alkanes of at least 4 members (excludes halogenated alkanes) is 1. The summed E-state index contributed by atoms with van der Waals surface area (Å²) in [7, 11) is 0. The van der Waals surface area contributed by atoms with Gasteiger partial charge in [0.15, 0.2) is 5.11 Å². The number of thiocarbonyl (C=S) groups is 1. The highest BCUT2D eigenvalue weighted by Crippen LogP contribution is 2.28. The highest BCUT2D eigenvalue weighted by Gasteiger charge is 2.31. The molecule has 0 radical (unpaired) electrons. The summed E-state index contributed by atoms with van der Waals surface area (Å²) in [6.07, 6.45) is 13.4. The molecule has 4 nitrogen and oxygen atoms in total. The van der Waals surface area contributed by atoms with E-state index < -0.39 is 0 Å². The smallest absolute Gasteiger partial charge is 0.171 e. The molecule has 0 spiro atoms. The van der Waals surface area contributed by atoms with Gasteiger partial charge in [0.25, 0.3) is 0 Å². The third-order valence-corrected chi connectivity index (χ3v) is 7.66. The van der Waals surface area contributed by atoms with Crippen molar-refractivity contribution in [3.8, 4) is 0 Å². The Morgan fingerprint density at radius 1 is 1.14 bits per heavy atom. The van der Waals surface area contributed by atoms with Gasteiger partial charge in [-0.3, -0.25) is 4.99 Å². The maximum absolute atomic E-state index is 5.84. The van der Waals surface area contributed by atoms with E-state index in [1.807, 2.05) is 0 Å². The fourth-order valence-corrected chi connectivity index (χ4v) is 5.46. The van der Waals surface area contributed by atoms with Crippen LogP contribution >= 0.6 is 12.2 Å². The fraction of sp³-hybridized carbons (Fsp3) is 0.913. The Balaban J connectivity index is 1.34. The Morgan fingerprint density at radius 3 is 2.68 bits per heavy atom. The molecule has 3 rings (SSSR count). The summed E-state index contributed by atoms with van der Waals surface area (Å²) in [5.74, 6) is 2.75. The van der Waals surface area contributed by atoms with Crippen molar-refractivity contribution in [2.24, 2.45) is 16.8 Å². The van der Waals surface area contributed by atoms with E-state index in [9.17, 15) is 0 Å². The summed E-state index contributed by atoms with van der Waals surface area (Å²) in [5, 5.41) is 4.62. The van der Waals surface area contributed by atoms with E-state index in [1.54, 1.807) is 0 Å². The SMILES string of the molecule is CCC(C)C1=N[C@@H](CCCCN2C[C@@H](C)N(CCC3CCCCC3)C2=S)CN1. The van der Waals surface area contributed by atoms with E-state index >= 15 is 0 Å². The Labute approximate surface area is 178 Å². The number of amidine groups is 1. The molecule has 0 bridgehead atoms.